The van der Waals surface area contributed by atoms with E-state index < -0.39 is 0 Å². The van der Waals surface area contributed by atoms with Crippen LogP contribution in [-0.2, 0) is 23.9 Å². The zero-order chi connectivity index (χ0) is 11.8. The van der Waals surface area contributed by atoms with E-state index >= 15 is 0 Å². The van der Waals surface area contributed by atoms with E-state index in [1.165, 1.54) is 13.8 Å². The molecule has 0 aromatic carbocycles. The highest BCUT2D eigenvalue weighted by molar-refractivity contribution is 6.01. The van der Waals surface area contributed by atoms with Crippen molar-refractivity contribution >= 4 is 23.1 Å². The molecule has 0 radical (unpaired) electrons. The van der Waals surface area contributed by atoms with Crippen LogP contribution in [0.1, 0.15) is 26.7 Å². The molecule has 0 aliphatic carbocycles. The van der Waals surface area contributed by atoms with Crippen molar-refractivity contribution < 1.29 is 23.9 Å². The van der Waals surface area contributed by atoms with E-state index in [-0.39, 0.29) is 49.2 Å². The number of rotatable bonds is 2. The van der Waals surface area contributed by atoms with Crippen molar-refractivity contribution in [2.24, 2.45) is 0 Å². The number of hydrogen-bond acceptors (Lipinski definition) is 5. The van der Waals surface area contributed by atoms with Gasteiger partial charge in [-0.25, -0.2) is 0 Å². The molecule has 0 saturated carbocycles. The number of ether oxygens (including phenoxy) is 1. The molecule has 1 heterocycles. The highest BCUT2D eigenvalue weighted by atomic mass is 16.5. The molecule has 1 saturated heterocycles. The van der Waals surface area contributed by atoms with E-state index in [9.17, 15) is 19.2 Å². The summed E-state index contributed by atoms with van der Waals surface area (Å²) >= 11 is 0. The van der Waals surface area contributed by atoms with Crippen LogP contribution in [0.5, 0.6) is 0 Å². The highest BCUT2D eigenvalue weighted by Gasteiger charge is 2.15. The van der Waals surface area contributed by atoms with Gasteiger partial charge in [-0.15, -0.1) is 0 Å². The lowest BCUT2D eigenvalue weighted by Gasteiger charge is -2.06. The Kier molecular flexibility index (Phi) is 6.37. The first-order valence-electron chi connectivity index (χ1n) is 4.52. The fourth-order valence-corrected chi connectivity index (χ4v) is 0.951. The zero-order valence-corrected chi connectivity index (χ0v) is 8.87. The molecule has 0 aromatic rings. The van der Waals surface area contributed by atoms with Crippen molar-refractivity contribution in [2.75, 3.05) is 13.2 Å². The molecule has 1 fully saturated rings. The predicted octanol–water partition coefficient (Wildman–Crippen LogP) is 0.0994. The molecule has 1 rings (SSSR count). The monoisotopic (exact) mass is 214 g/mol. The van der Waals surface area contributed by atoms with Crippen LogP contribution < -0.4 is 0 Å². The maximum absolute atomic E-state index is 10.3. The van der Waals surface area contributed by atoms with Crippen LogP contribution in [-0.4, -0.2) is 36.3 Å². The summed E-state index contributed by atoms with van der Waals surface area (Å²) in [5.41, 5.74) is 0. The zero-order valence-electron chi connectivity index (χ0n) is 8.87. The van der Waals surface area contributed by atoms with Crippen LogP contribution in [0.2, 0.25) is 0 Å². The fourth-order valence-electron chi connectivity index (χ4n) is 0.951. The van der Waals surface area contributed by atoms with Gasteiger partial charge in [-0.2, -0.15) is 0 Å². The topological polar surface area (TPSA) is 77.5 Å². The van der Waals surface area contributed by atoms with Gasteiger partial charge in [0.25, 0.3) is 0 Å². The second-order valence-electron chi connectivity index (χ2n) is 3.33. The van der Waals surface area contributed by atoms with Gasteiger partial charge in [0.05, 0.1) is 12.8 Å². The Bertz CT molecular complexity index is 254. The largest absolute Gasteiger partial charge is 0.366 e. The van der Waals surface area contributed by atoms with Crippen molar-refractivity contribution in [2.45, 2.75) is 26.7 Å². The van der Waals surface area contributed by atoms with E-state index in [4.69, 9.17) is 0 Å². The minimum absolute atomic E-state index is 0.0625. The summed E-state index contributed by atoms with van der Waals surface area (Å²) in [6.45, 7) is 3.04. The molecule has 1 aliphatic rings. The fraction of sp³-hybridized carbons (Fsp3) is 0.600. The summed E-state index contributed by atoms with van der Waals surface area (Å²) in [5, 5.41) is 0. The van der Waals surface area contributed by atoms with E-state index in [1.54, 1.807) is 0 Å². The number of carbonyl (C=O) groups excluding carboxylic acids is 4. The summed E-state index contributed by atoms with van der Waals surface area (Å²) in [6.07, 6.45) is 0.153. The summed E-state index contributed by atoms with van der Waals surface area (Å²) in [4.78, 5) is 40.7. The van der Waals surface area contributed by atoms with Gasteiger partial charge >= 0.3 is 0 Å². The Morgan fingerprint density at radius 3 is 1.60 bits per heavy atom. The standard InChI is InChI=1S/C5H6O3.C5H8O2/c6-4-1-5(7)3-8-2-4;1-4(6)3-5(2)7/h1-3H2;3H2,1-2H3. The SMILES string of the molecule is CC(=O)CC(C)=O.O=C1COCC(=O)C1. The van der Waals surface area contributed by atoms with Gasteiger partial charge in [0, 0.05) is 0 Å². The summed E-state index contributed by atoms with van der Waals surface area (Å²) in [5.74, 6) is -0.345. The second kappa shape index (κ2) is 7.00. The second-order valence-corrected chi connectivity index (χ2v) is 3.33. The average molecular weight is 214 g/mol. The van der Waals surface area contributed by atoms with Crippen molar-refractivity contribution in [3.05, 3.63) is 0 Å². The lowest BCUT2D eigenvalue weighted by atomic mass is 10.2. The molecule has 0 aromatic heterocycles. The van der Waals surface area contributed by atoms with E-state index in [1.807, 2.05) is 0 Å². The van der Waals surface area contributed by atoms with Crippen LogP contribution >= 0.6 is 0 Å². The first-order valence-corrected chi connectivity index (χ1v) is 4.52. The Morgan fingerprint density at radius 2 is 1.47 bits per heavy atom. The van der Waals surface area contributed by atoms with E-state index in [0.29, 0.717) is 0 Å². The van der Waals surface area contributed by atoms with Crippen LogP contribution in [0.4, 0.5) is 0 Å². The van der Waals surface area contributed by atoms with Crippen LogP contribution in [0.25, 0.3) is 0 Å². The van der Waals surface area contributed by atoms with Crippen LogP contribution in [0.15, 0.2) is 0 Å². The first kappa shape index (κ1) is 13.6. The number of ketones is 4. The third kappa shape index (κ3) is 8.96. The number of hydrogen-bond donors (Lipinski definition) is 0. The number of carbonyl (C=O) groups is 4. The third-order valence-electron chi connectivity index (χ3n) is 1.42. The highest BCUT2D eigenvalue weighted by Crippen LogP contribution is 1.95. The lowest BCUT2D eigenvalue weighted by Crippen LogP contribution is -2.24. The molecule has 15 heavy (non-hydrogen) atoms. The summed E-state index contributed by atoms with van der Waals surface area (Å²) < 4.78 is 4.59. The Hall–Kier alpha value is -1.36. The maximum Gasteiger partial charge on any atom is 0.165 e. The lowest BCUT2D eigenvalue weighted by molar-refractivity contribution is -0.138. The quantitative estimate of drug-likeness (QED) is 0.609. The van der Waals surface area contributed by atoms with Crippen molar-refractivity contribution in [1.82, 2.24) is 0 Å². The minimum Gasteiger partial charge on any atom is -0.366 e. The van der Waals surface area contributed by atoms with Crippen LogP contribution in [0.3, 0.4) is 0 Å². The molecule has 0 spiro atoms. The van der Waals surface area contributed by atoms with Crippen LogP contribution in [0, 0.1) is 0 Å². The van der Waals surface area contributed by atoms with Gasteiger partial charge in [-0.05, 0) is 13.8 Å². The van der Waals surface area contributed by atoms with E-state index in [2.05, 4.69) is 4.74 Å². The number of Topliss-reactive ketones (excluding diaryl/α,β-unsaturated/α-hetero) is 4. The van der Waals surface area contributed by atoms with Crippen molar-refractivity contribution in [1.29, 1.82) is 0 Å². The van der Waals surface area contributed by atoms with E-state index in [0.717, 1.165) is 0 Å². The third-order valence-corrected chi connectivity index (χ3v) is 1.42. The average Bonchev–Trinajstić information content (AvgIpc) is 2.01. The van der Waals surface area contributed by atoms with Gasteiger partial charge < -0.3 is 4.74 Å². The predicted molar refractivity (Wildman–Crippen MR) is 51.4 cm³/mol. The van der Waals surface area contributed by atoms with Gasteiger partial charge in [0.1, 0.15) is 24.8 Å². The van der Waals surface area contributed by atoms with Crippen molar-refractivity contribution in [3.8, 4) is 0 Å². The Labute approximate surface area is 87.8 Å². The molecular weight excluding hydrogens is 200 g/mol. The Morgan fingerprint density at radius 1 is 1.07 bits per heavy atom. The first-order chi connectivity index (χ1) is 6.91. The molecule has 5 nitrogen and oxygen atoms in total. The smallest absolute Gasteiger partial charge is 0.165 e. The Balaban J connectivity index is 0.000000265. The molecule has 0 atom stereocenters. The molecule has 84 valence electrons. The molecule has 1 aliphatic heterocycles. The van der Waals surface area contributed by atoms with Gasteiger partial charge in [0.2, 0.25) is 0 Å². The molecular formula is C10H14O5. The molecule has 0 amide bonds. The molecule has 0 bridgehead atoms. The summed E-state index contributed by atoms with van der Waals surface area (Å²) in [6, 6.07) is 0. The van der Waals surface area contributed by atoms with Gasteiger partial charge in [-0.1, -0.05) is 0 Å². The van der Waals surface area contributed by atoms with Crippen molar-refractivity contribution in [3.63, 3.8) is 0 Å². The molecule has 0 unspecified atom stereocenters. The normalized spacial score (nSPS) is 15.3. The molecule has 5 heteroatoms. The van der Waals surface area contributed by atoms with Gasteiger partial charge in [-0.3, -0.25) is 19.2 Å². The molecule has 0 N–H and O–H groups in total. The minimum atomic E-state index is -0.110. The van der Waals surface area contributed by atoms with Gasteiger partial charge in [0.15, 0.2) is 11.6 Å². The summed E-state index contributed by atoms with van der Waals surface area (Å²) in [7, 11) is 0. The maximum atomic E-state index is 10.3.